The highest BCUT2D eigenvalue weighted by Gasteiger charge is 2.04. The Labute approximate surface area is 110 Å². The highest BCUT2D eigenvalue weighted by Crippen LogP contribution is 2.13. The Kier molecular flexibility index (Phi) is 3.96. The standard InChI is InChI=1S/C12H13ClN4O/c13-9-1-3-10(4-2-9)16-12(18)7-17-6-11(5-14)15-8-17/h1-4,6,8H,5,7,14H2,(H,16,18). The maximum absolute atomic E-state index is 11.7. The summed E-state index contributed by atoms with van der Waals surface area (Å²) in [5.41, 5.74) is 6.91. The van der Waals surface area contributed by atoms with Gasteiger partial charge in [0.25, 0.3) is 0 Å². The third-order valence-corrected chi connectivity index (χ3v) is 2.60. The minimum absolute atomic E-state index is 0.127. The van der Waals surface area contributed by atoms with Crippen molar-refractivity contribution in [2.75, 3.05) is 5.32 Å². The second-order valence-corrected chi connectivity index (χ2v) is 4.23. The van der Waals surface area contributed by atoms with E-state index in [9.17, 15) is 4.79 Å². The minimum Gasteiger partial charge on any atom is -0.328 e. The molecular formula is C12H13ClN4O. The third kappa shape index (κ3) is 3.32. The van der Waals surface area contributed by atoms with Crippen LogP contribution in [0.2, 0.25) is 5.02 Å². The van der Waals surface area contributed by atoms with Crippen LogP contribution in [0.3, 0.4) is 0 Å². The highest BCUT2D eigenvalue weighted by atomic mass is 35.5. The maximum Gasteiger partial charge on any atom is 0.244 e. The Balaban J connectivity index is 1.94. The molecule has 1 amide bonds. The molecule has 3 N–H and O–H groups in total. The van der Waals surface area contributed by atoms with Crippen molar-refractivity contribution in [3.63, 3.8) is 0 Å². The van der Waals surface area contributed by atoms with Gasteiger partial charge in [-0.2, -0.15) is 0 Å². The Morgan fingerprint density at radius 3 is 2.72 bits per heavy atom. The summed E-state index contributed by atoms with van der Waals surface area (Å²) >= 11 is 5.76. The molecule has 5 nitrogen and oxygen atoms in total. The summed E-state index contributed by atoms with van der Waals surface area (Å²) in [7, 11) is 0. The number of nitrogens with one attached hydrogen (secondary N) is 1. The van der Waals surface area contributed by atoms with Gasteiger partial charge in [-0.05, 0) is 24.3 Å². The first kappa shape index (κ1) is 12.6. The number of benzene rings is 1. The number of nitrogens with zero attached hydrogens (tertiary/aromatic N) is 2. The number of carbonyl (C=O) groups excluding carboxylic acids is 1. The van der Waals surface area contributed by atoms with Gasteiger partial charge in [0.1, 0.15) is 6.54 Å². The zero-order chi connectivity index (χ0) is 13.0. The highest BCUT2D eigenvalue weighted by molar-refractivity contribution is 6.30. The van der Waals surface area contributed by atoms with Gasteiger partial charge in [-0.3, -0.25) is 4.79 Å². The van der Waals surface area contributed by atoms with Gasteiger partial charge in [-0.1, -0.05) is 11.6 Å². The summed E-state index contributed by atoms with van der Waals surface area (Å²) in [4.78, 5) is 15.8. The van der Waals surface area contributed by atoms with Crippen LogP contribution < -0.4 is 11.1 Å². The van der Waals surface area contributed by atoms with Crippen molar-refractivity contribution in [3.05, 3.63) is 47.5 Å². The fraction of sp³-hybridized carbons (Fsp3) is 0.167. The molecule has 0 unspecified atom stereocenters. The van der Waals surface area contributed by atoms with Crippen molar-refractivity contribution in [1.29, 1.82) is 0 Å². The molecule has 0 saturated heterocycles. The van der Waals surface area contributed by atoms with Crippen LogP contribution >= 0.6 is 11.6 Å². The van der Waals surface area contributed by atoms with Crippen molar-refractivity contribution in [2.45, 2.75) is 13.1 Å². The molecule has 0 aliphatic carbocycles. The molecule has 0 aliphatic rings. The van der Waals surface area contributed by atoms with Crippen LogP contribution in [0.15, 0.2) is 36.8 Å². The van der Waals surface area contributed by atoms with E-state index in [0.29, 0.717) is 17.3 Å². The molecule has 0 bridgehead atoms. The van der Waals surface area contributed by atoms with E-state index in [4.69, 9.17) is 17.3 Å². The molecule has 18 heavy (non-hydrogen) atoms. The zero-order valence-corrected chi connectivity index (χ0v) is 10.4. The van der Waals surface area contributed by atoms with E-state index in [1.54, 1.807) is 41.4 Å². The molecule has 0 radical (unpaired) electrons. The molecule has 6 heteroatoms. The Hall–Kier alpha value is -1.85. The topological polar surface area (TPSA) is 72.9 Å². The van der Waals surface area contributed by atoms with Gasteiger partial charge in [-0.25, -0.2) is 4.98 Å². The van der Waals surface area contributed by atoms with Gasteiger partial charge in [0.15, 0.2) is 0 Å². The number of hydrogen-bond donors (Lipinski definition) is 2. The van der Waals surface area contributed by atoms with Crippen molar-refractivity contribution in [3.8, 4) is 0 Å². The van der Waals surface area contributed by atoms with Crippen LogP contribution in [0, 0.1) is 0 Å². The average Bonchev–Trinajstić information content (AvgIpc) is 2.79. The number of imidazole rings is 1. The Morgan fingerprint density at radius 2 is 2.11 bits per heavy atom. The lowest BCUT2D eigenvalue weighted by Crippen LogP contribution is -2.17. The van der Waals surface area contributed by atoms with Crippen molar-refractivity contribution in [1.82, 2.24) is 9.55 Å². The normalized spacial score (nSPS) is 10.3. The van der Waals surface area contributed by atoms with Crippen LogP contribution in [0.25, 0.3) is 0 Å². The lowest BCUT2D eigenvalue weighted by atomic mass is 10.3. The monoisotopic (exact) mass is 264 g/mol. The van der Waals surface area contributed by atoms with E-state index in [2.05, 4.69) is 10.3 Å². The van der Waals surface area contributed by atoms with Crippen molar-refractivity contribution >= 4 is 23.2 Å². The largest absolute Gasteiger partial charge is 0.328 e. The quantitative estimate of drug-likeness (QED) is 0.882. The molecule has 0 atom stereocenters. The summed E-state index contributed by atoms with van der Waals surface area (Å²) < 4.78 is 1.69. The van der Waals surface area contributed by atoms with Crippen LogP contribution in [0.1, 0.15) is 5.69 Å². The van der Waals surface area contributed by atoms with Gasteiger partial charge in [0.05, 0.1) is 12.0 Å². The number of carbonyl (C=O) groups is 1. The third-order valence-electron chi connectivity index (χ3n) is 2.35. The van der Waals surface area contributed by atoms with E-state index < -0.39 is 0 Å². The molecule has 0 aliphatic heterocycles. The van der Waals surface area contributed by atoms with Crippen LogP contribution in [-0.4, -0.2) is 15.5 Å². The average molecular weight is 265 g/mol. The number of nitrogens with two attached hydrogens (primary N) is 1. The molecule has 94 valence electrons. The first-order chi connectivity index (χ1) is 8.67. The lowest BCUT2D eigenvalue weighted by molar-refractivity contribution is -0.116. The van der Waals surface area contributed by atoms with Gasteiger partial charge in [-0.15, -0.1) is 0 Å². The van der Waals surface area contributed by atoms with Gasteiger partial charge >= 0.3 is 0 Å². The second-order valence-electron chi connectivity index (χ2n) is 3.80. The molecule has 1 aromatic heterocycles. The molecule has 0 fully saturated rings. The summed E-state index contributed by atoms with van der Waals surface area (Å²) in [5.74, 6) is -0.127. The molecule has 0 saturated carbocycles. The van der Waals surface area contributed by atoms with Crippen molar-refractivity contribution < 1.29 is 4.79 Å². The number of hydrogen-bond acceptors (Lipinski definition) is 3. The maximum atomic E-state index is 11.7. The van der Waals surface area contributed by atoms with Gasteiger partial charge in [0, 0.05) is 23.5 Å². The summed E-state index contributed by atoms with van der Waals surface area (Å²) in [5, 5.41) is 3.40. The fourth-order valence-corrected chi connectivity index (χ4v) is 1.62. The van der Waals surface area contributed by atoms with Crippen LogP contribution in [0.5, 0.6) is 0 Å². The van der Waals surface area contributed by atoms with E-state index in [-0.39, 0.29) is 12.5 Å². The zero-order valence-electron chi connectivity index (χ0n) is 9.64. The molecular weight excluding hydrogens is 252 g/mol. The lowest BCUT2D eigenvalue weighted by Gasteiger charge is -2.05. The number of rotatable bonds is 4. The van der Waals surface area contributed by atoms with Crippen molar-refractivity contribution in [2.24, 2.45) is 5.73 Å². The minimum atomic E-state index is -0.127. The SMILES string of the molecule is NCc1cn(CC(=O)Nc2ccc(Cl)cc2)cn1. The Morgan fingerprint density at radius 1 is 1.39 bits per heavy atom. The summed E-state index contributed by atoms with van der Waals surface area (Å²) in [6, 6.07) is 6.95. The second kappa shape index (κ2) is 5.66. The molecule has 2 rings (SSSR count). The van der Waals surface area contributed by atoms with E-state index >= 15 is 0 Å². The van der Waals surface area contributed by atoms with E-state index in [1.165, 1.54) is 0 Å². The smallest absolute Gasteiger partial charge is 0.244 e. The number of amides is 1. The first-order valence-electron chi connectivity index (χ1n) is 5.43. The summed E-state index contributed by atoms with van der Waals surface area (Å²) in [6.45, 7) is 0.571. The summed E-state index contributed by atoms with van der Waals surface area (Å²) in [6.07, 6.45) is 3.34. The first-order valence-corrected chi connectivity index (χ1v) is 5.81. The van der Waals surface area contributed by atoms with Crippen LogP contribution in [-0.2, 0) is 17.9 Å². The predicted molar refractivity (Wildman–Crippen MR) is 70.2 cm³/mol. The molecule has 2 aromatic rings. The van der Waals surface area contributed by atoms with E-state index in [0.717, 1.165) is 5.69 Å². The predicted octanol–water partition coefficient (Wildman–Crippen LogP) is 1.63. The number of anilines is 1. The molecule has 0 spiro atoms. The van der Waals surface area contributed by atoms with E-state index in [1.807, 2.05) is 0 Å². The van der Waals surface area contributed by atoms with Crippen LogP contribution in [0.4, 0.5) is 5.69 Å². The molecule has 1 aromatic carbocycles. The number of aromatic nitrogens is 2. The van der Waals surface area contributed by atoms with Gasteiger partial charge < -0.3 is 15.6 Å². The number of halogens is 1. The Bertz CT molecular complexity index is 535. The fourth-order valence-electron chi connectivity index (χ4n) is 1.50. The van der Waals surface area contributed by atoms with Gasteiger partial charge in [0.2, 0.25) is 5.91 Å². The molecule has 1 heterocycles.